The van der Waals surface area contributed by atoms with Crippen molar-refractivity contribution < 1.29 is 4.79 Å². The topological polar surface area (TPSA) is 44.4 Å². The first-order valence-electron chi connectivity index (χ1n) is 5.60. The van der Waals surface area contributed by atoms with Crippen molar-refractivity contribution in [2.75, 3.05) is 32.0 Å². The highest BCUT2D eigenvalue weighted by Gasteiger charge is 2.19. The molecule has 1 aliphatic heterocycles. The Morgan fingerprint density at radius 1 is 1.71 bits per heavy atom. The normalized spacial score (nSPS) is 21.4. The zero-order valence-electron chi connectivity index (χ0n) is 9.70. The van der Waals surface area contributed by atoms with Crippen molar-refractivity contribution in [1.29, 1.82) is 0 Å². The summed E-state index contributed by atoms with van der Waals surface area (Å²) in [5, 5.41) is 7.17. The number of rotatable bonds is 3. The monoisotopic (exact) mass is 317 g/mol. The van der Waals surface area contributed by atoms with E-state index < -0.39 is 0 Å². The average Bonchev–Trinajstić information content (AvgIpc) is 2.63. The van der Waals surface area contributed by atoms with Crippen LogP contribution in [0, 0.1) is 0 Å². The summed E-state index contributed by atoms with van der Waals surface area (Å²) in [4.78, 5) is 14.1. The third kappa shape index (κ3) is 4.06. The van der Waals surface area contributed by atoms with E-state index in [1.54, 1.807) is 0 Å². The van der Waals surface area contributed by atoms with Gasteiger partial charge in [0, 0.05) is 32.1 Å². The van der Waals surface area contributed by atoms with Crippen molar-refractivity contribution in [1.82, 2.24) is 10.2 Å². The Kier molecular flexibility index (Phi) is 4.55. The summed E-state index contributed by atoms with van der Waals surface area (Å²) >= 11 is 4.91. The van der Waals surface area contributed by atoms with Crippen molar-refractivity contribution in [2.24, 2.45) is 0 Å². The summed E-state index contributed by atoms with van der Waals surface area (Å²) in [7, 11) is 2.09. The van der Waals surface area contributed by atoms with E-state index in [2.05, 4.69) is 38.5 Å². The first-order valence-corrected chi connectivity index (χ1v) is 7.21. The van der Waals surface area contributed by atoms with E-state index in [9.17, 15) is 4.79 Å². The van der Waals surface area contributed by atoms with E-state index in [0.29, 0.717) is 6.42 Å². The number of anilines is 1. The molecule has 0 radical (unpaired) electrons. The Hall–Kier alpha value is -0.430. The van der Waals surface area contributed by atoms with Crippen molar-refractivity contribution in [3.63, 3.8) is 0 Å². The number of halogens is 1. The first-order chi connectivity index (χ1) is 8.13. The third-order valence-electron chi connectivity index (χ3n) is 2.73. The number of piperazine rings is 1. The van der Waals surface area contributed by atoms with E-state index in [4.69, 9.17) is 0 Å². The van der Waals surface area contributed by atoms with E-state index in [-0.39, 0.29) is 11.9 Å². The fraction of sp³-hybridized carbons (Fsp3) is 0.545. The molecular weight excluding hydrogens is 302 g/mol. The molecule has 2 N–H and O–H groups in total. The number of hydrogen-bond acceptors (Lipinski definition) is 4. The van der Waals surface area contributed by atoms with Gasteiger partial charge in [0.2, 0.25) is 5.91 Å². The van der Waals surface area contributed by atoms with E-state index in [1.165, 1.54) is 11.3 Å². The summed E-state index contributed by atoms with van der Waals surface area (Å²) < 4.78 is 1.03. The van der Waals surface area contributed by atoms with Crippen LogP contribution in [0.15, 0.2) is 15.9 Å². The number of amides is 1. The Labute approximate surface area is 114 Å². The van der Waals surface area contributed by atoms with Gasteiger partial charge in [-0.2, -0.15) is 0 Å². The first kappa shape index (κ1) is 13.0. The highest BCUT2D eigenvalue weighted by atomic mass is 79.9. The Bertz CT molecular complexity index is 396. The van der Waals surface area contributed by atoms with Gasteiger partial charge >= 0.3 is 0 Å². The van der Waals surface area contributed by atoms with Gasteiger partial charge in [-0.05, 0) is 35.1 Å². The molecule has 0 bridgehead atoms. The zero-order chi connectivity index (χ0) is 12.3. The summed E-state index contributed by atoms with van der Waals surface area (Å²) in [6.07, 6.45) is 0.528. The van der Waals surface area contributed by atoms with Gasteiger partial charge in [-0.15, -0.1) is 11.3 Å². The molecule has 1 saturated heterocycles. The summed E-state index contributed by atoms with van der Waals surface area (Å²) in [6.45, 7) is 2.94. The largest absolute Gasteiger partial charge is 0.318 e. The van der Waals surface area contributed by atoms with Gasteiger partial charge in [0.25, 0.3) is 0 Å². The van der Waals surface area contributed by atoms with Crippen LogP contribution in [0.1, 0.15) is 6.42 Å². The fourth-order valence-electron chi connectivity index (χ4n) is 1.92. The SMILES string of the molecule is CN1CCNC(CC(=O)Nc2ccc(Br)s2)C1. The lowest BCUT2D eigenvalue weighted by molar-refractivity contribution is -0.116. The van der Waals surface area contributed by atoms with Crippen LogP contribution in [0.25, 0.3) is 0 Å². The second-order valence-electron chi connectivity index (χ2n) is 4.27. The lowest BCUT2D eigenvalue weighted by Crippen LogP contribution is -2.50. The molecule has 0 aliphatic carbocycles. The van der Waals surface area contributed by atoms with Gasteiger partial charge < -0.3 is 15.5 Å². The standard InChI is InChI=1S/C11H16BrN3OS/c1-15-5-4-13-8(7-15)6-10(16)14-11-3-2-9(12)17-11/h2-3,8,13H,4-7H2,1H3,(H,14,16). The third-order valence-corrected chi connectivity index (χ3v) is 4.27. The van der Waals surface area contributed by atoms with Crippen LogP contribution in [0.4, 0.5) is 5.00 Å². The minimum Gasteiger partial charge on any atom is -0.318 e. The van der Waals surface area contributed by atoms with Gasteiger partial charge in [0.15, 0.2) is 0 Å². The fourth-order valence-corrected chi connectivity index (χ4v) is 3.22. The van der Waals surface area contributed by atoms with Crippen LogP contribution in [0.2, 0.25) is 0 Å². The second-order valence-corrected chi connectivity index (χ2v) is 6.73. The van der Waals surface area contributed by atoms with Gasteiger partial charge in [0.1, 0.15) is 0 Å². The molecule has 1 fully saturated rings. The molecule has 0 saturated carbocycles. The van der Waals surface area contributed by atoms with Gasteiger partial charge in [-0.25, -0.2) is 0 Å². The molecule has 1 unspecified atom stereocenters. The average molecular weight is 318 g/mol. The Morgan fingerprint density at radius 2 is 2.53 bits per heavy atom. The summed E-state index contributed by atoms with van der Waals surface area (Å²) in [6, 6.07) is 4.11. The molecule has 6 heteroatoms. The summed E-state index contributed by atoms with van der Waals surface area (Å²) in [5.74, 6) is 0.0761. The van der Waals surface area contributed by atoms with E-state index in [0.717, 1.165) is 28.4 Å². The number of likely N-dealkylation sites (N-methyl/N-ethyl adjacent to an activating group) is 1. The number of carbonyl (C=O) groups is 1. The molecule has 0 aromatic carbocycles. The van der Waals surface area contributed by atoms with Crippen molar-refractivity contribution in [3.05, 3.63) is 15.9 Å². The number of thiophene rings is 1. The van der Waals surface area contributed by atoms with Crippen LogP contribution in [-0.2, 0) is 4.79 Å². The molecule has 1 aromatic heterocycles. The van der Waals surface area contributed by atoms with Gasteiger partial charge in [-0.1, -0.05) is 0 Å². The van der Waals surface area contributed by atoms with E-state index in [1.807, 2.05) is 12.1 Å². The van der Waals surface area contributed by atoms with E-state index >= 15 is 0 Å². The molecule has 94 valence electrons. The molecule has 17 heavy (non-hydrogen) atoms. The van der Waals surface area contributed by atoms with Gasteiger partial charge in [0.05, 0.1) is 8.79 Å². The molecule has 0 spiro atoms. The minimum atomic E-state index is 0.0761. The predicted octanol–water partition coefficient (Wildman–Crippen LogP) is 1.74. The number of hydrogen-bond donors (Lipinski definition) is 2. The molecule has 1 aromatic rings. The van der Waals surface area contributed by atoms with Crippen LogP contribution < -0.4 is 10.6 Å². The smallest absolute Gasteiger partial charge is 0.226 e. The van der Waals surface area contributed by atoms with Crippen molar-refractivity contribution >= 4 is 38.2 Å². The predicted molar refractivity (Wildman–Crippen MR) is 74.6 cm³/mol. The molecule has 1 atom stereocenters. The number of nitrogens with zero attached hydrogens (tertiary/aromatic N) is 1. The maximum Gasteiger partial charge on any atom is 0.226 e. The lowest BCUT2D eigenvalue weighted by atomic mass is 10.1. The maximum atomic E-state index is 11.8. The van der Waals surface area contributed by atoms with Crippen molar-refractivity contribution in [3.8, 4) is 0 Å². The molecule has 2 heterocycles. The Balaban J connectivity index is 1.80. The molecule has 4 nitrogen and oxygen atoms in total. The molecule has 1 amide bonds. The van der Waals surface area contributed by atoms with Crippen LogP contribution in [0.5, 0.6) is 0 Å². The second kappa shape index (κ2) is 5.95. The lowest BCUT2D eigenvalue weighted by Gasteiger charge is -2.30. The van der Waals surface area contributed by atoms with Crippen molar-refractivity contribution in [2.45, 2.75) is 12.5 Å². The highest BCUT2D eigenvalue weighted by Crippen LogP contribution is 2.26. The molecule has 2 rings (SSSR count). The quantitative estimate of drug-likeness (QED) is 0.892. The van der Waals surface area contributed by atoms with Crippen LogP contribution >= 0.6 is 27.3 Å². The molecule has 1 aliphatic rings. The maximum absolute atomic E-state index is 11.8. The minimum absolute atomic E-state index is 0.0761. The molecular formula is C11H16BrN3OS. The number of nitrogens with one attached hydrogen (secondary N) is 2. The van der Waals surface area contributed by atoms with Crippen LogP contribution in [-0.4, -0.2) is 43.5 Å². The Morgan fingerprint density at radius 3 is 3.18 bits per heavy atom. The number of carbonyl (C=O) groups excluding carboxylic acids is 1. The van der Waals surface area contributed by atoms with Gasteiger partial charge in [-0.3, -0.25) is 4.79 Å². The van der Waals surface area contributed by atoms with Crippen LogP contribution in [0.3, 0.4) is 0 Å². The highest BCUT2D eigenvalue weighted by molar-refractivity contribution is 9.11. The summed E-state index contributed by atoms with van der Waals surface area (Å²) in [5.41, 5.74) is 0. The zero-order valence-corrected chi connectivity index (χ0v) is 12.1.